The number of alkyl halides is 3. The Kier molecular flexibility index (Phi) is 3.27. The first-order valence-electron chi connectivity index (χ1n) is 8.25. The summed E-state index contributed by atoms with van der Waals surface area (Å²) in [7, 11) is 0. The van der Waals surface area contributed by atoms with E-state index in [0.29, 0.717) is 21.5 Å². The number of carbonyl (C=O) groups is 1. The molecule has 3 heterocycles. The summed E-state index contributed by atoms with van der Waals surface area (Å²) >= 11 is 12.3. The zero-order valence-electron chi connectivity index (χ0n) is 13.6. The molecule has 1 aromatic heterocycles. The highest BCUT2D eigenvalue weighted by molar-refractivity contribution is 6.38. The van der Waals surface area contributed by atoms with Crippen LogP contribution in [0.1, 0.15) is 27.2 Å². The molecule has 2 aliphatic heterocycles. The number of hydrogen-bond acceptors (Lipinski definition) is 1. The molecule has 0 radical (unpaired) electrons. The topological polar surface area (TPSA) is 36.1 Å². The van der Waals surface area contributed by atoms with Gasteiger partial charge in [-0.25, -0.2) is 0 Å². The molecule has 0 bridgehead atoms. The van der Waals surface area contributed by atoms with Gasteiger partial charge in [-0.15, -0.1) is 0 Å². The van der Waals surface area contributed by atoms with Crippen LogP contribution in [0.5, 0.6) is 0 Å². The average Bonchev–Trinajstić information content (AvgIpc) is 3.10. The molecule has 0 aliphatic carbocycles. The number of rotatable bonds is 0. The Morgan fingerprint density at radius 3 is 2.63 bits per heavy atom. The maximum atomic E-state index is 14.7. The Bertz CT molecular complexity index is 1140. The highest BCUT2D eigenvalue weighted by Gasteiger charge is 2.69. The van der Waals surface area contributed by atoms with Crippen molar-refractivity contribution >= 4 is 40.0 Å². The second-order valence-corrected chi connectivity index (χ2v) is 7.59. The first-order chi connectivity index (χ1) is 12.8. The van der Waals surface area contributed by atoms with E-state index in [1.165, 1.54) is 24.3 Å². The number of aromatic amines is 1. The summed E-state index contributed by atoms with van der Waals surface area (Å²) in [6.45, 7) is -0.0445. The molecular formula is C19H11Cl2F3N2O. The number of amides is 1. The molecule has 2 aliphatic rings. The van der Waals surface area contributed by atoms with Crippen LogP contribution >= 0.6 is 23.2 Å². The Morgan fingerprint density at radius 1 is 1.15 bits per heavy atom. The molecule has 0 fully saturated rings. The number of fused-ring (bicyclic) bond motifs is 7. The standard InChI is InChI=1S/C19H11Cl2F3N2O/c20-9-7-12-10-5-6-26-17(27)11-3-1-2-4-13(11)18(26,19(22,23)24)16(10)25-15(12)14(21)8-9/h1-4,7-8,25H,5-6H2. The Labute approximate surface area is 161 Å². The lowest BCUT2D eigenvalue weighted by Crippen LogP contribution is -2.58. The van der Waals surface area contributed by atoms with Crippen molar-refractivity contribution in [1.82, 2.24) is 9.88 Å². The second kappa shape index (κ2) is 5.20. The SMILES string of the molecule is O=C1c2ccccc2C2(C(F)(F)F)c3[nH]c4c(Cl)cc(Cl)cc4c3CCN12. The molecule has 0 spiro atoms. The molecule has 0 saturated heterocycles. The van der Waals surface area contributed by atoms with Crippen molar-refractivity contribution in [3.05, 3.63) is 68.8 Å². The fourth-order valence-corrected chi connectivity index (χ4v) is 5.02. The van der Waals surface area contributed by atoms with E-state index in [9.17, 15) is 18.0 Å². The fourth-order valence-electron chi connectivity index (χ4n) is 4.48. The predicted molar refractivity (Wildman–Crippen MR) is 96.3 cm³/mol. The molecule has 8 heteroatoms. The van der Waals surface area contributed by atoms with Gasteiger partial charge < -0.3 is 9.88 Å². The summed E-state index contributed by atoms with van der Waals surface area (Å²) in [6.07, 6.45) is -4.44. The smallest absolute Gasteiger partial charge is 0.354 e. The number of carbonyl (C=O) groups excluding carboxylic acids is 1. The van der Waals surface area contributed by atoms with E-state index in [1.54, 1.807) is 12.1 Å². The van der Waals surface area contributed by atoms with E-state index in [0.717, 1.165) is 4.90 Å². The summed E-state index contributed by atoms with van der Waals surface area (Å²) in [6, 6.07) is 9.00. The van der Waals surface area contributed by atoms with E-state index in [1.807, 2.05) is 0 Å². The van der Waals surface area contributed by atoms with Crippen molar-refractivity contribution < 1.29 is 18.0 Å². The van der Waals surface area contributed by atoms with Gasteiger partial charge in [-0.1, -0.05) is 41.4 Å². The van der Waals surface area contributed by atoms with E-state index in [4.69, 9.17) is 23.2 Å². The number of hydrogen-bond donors (Lipinski definition) is 1. The Hall–Kier alpha value is -2.18. The van der Waals surface area contributed by atoms with E-state index in [-0.39, 0.29) is 34.8 Å². The van der Waals surface area contributed by atoms with Crippen molar-refractivity contribution in [3.63, 3.8) is 0 Å². The minimum Gasteiger partial charge on any atom is -0.354 e. The normalized spacial score (nSPS) is 21.4. The molecule has 5 rings (SSSR count). The van der Waals surface area contributed by atoms with Crippen LogP contribution in [0.15, 0.2) is 36.4 Å². The maximum absolute atomic E-state index is 14.7. The number of H-pyrrole nitrogens is 1. The molecule has 1 unspecified atom stereocenters. The molecule has 3 aromatic rings. The number of benzene rings is 2. The number of nitrogens with zero attached hydrogens (tertiary/aromatic N) is 1. The van der Waals surface area contributed by atoms with Gasteiger partial charge in [0.2, 0.25) is 5.54 Å². The van der Waals surface area contributed by atoms with Gasteiger partial charge in [0.15, 0.2) is 0 Å². The maximum Gasteiger partial charge on any atom is 0.421 e. The molecule has 138 valence electrons. The first kappa shape index (κ1) is 17.0. The van der Waals surface area contributed by atoms with Crippen LogP contribution in [0, 0.1) is 0 Å². The summed E-state index contributed by atoms with van der Waals surface area (Å²) in [5, 5.41) is 1.15. The van der Waals surface area contributed by atoms with Crippen molar-refractivity contribution in [2.24, 2.45) is 0 Å². The van der Waals surface area contributed by atoms with E-state index in [2.05, 4.69) is 4.98 Å². The summed E-state index contributed by atoms with van der Waals surface area (Å²) in [4.78, 5) is 16.6. The van der Waals surface area contributed by atoms with Gasteiger partial charge in [0.05, 0.1) is 16.2 Å². The molecule has 1 N–H and O–H groups in total. The van der Waals surface area contributed by atoms with Gasteiger partial charge >= 0.3 is 6.18 Å². The van der Waals surface area contributed by atoms with Gasteiger partial charge in [0.25, 0.3) is 5.91 Å². The first-order valence-corrected chi connectivity index (χ1v) is 9.00. The van der Waals surface area contributed by atoms with Crippen molar-refractivity contribution in [3.8, 4) is 0 Å². The van der Waals surface area contributed by atoms with Crippen molar-refractivity contribution in [2.75, 3.05) is 6.54 Å². The molecule has 2 aromatic carbocycles. The molecular weight excluding hydrogens is 400 g/mol. The van der Waals surface area contributed by atoms with Gasteiger partial charge in [-0.2, -0.15) is 13.2 Å². The van der Waals surface area contributed by atoms with Gasteiger partial charge in [-0.05, 0) is 30.2 Å². The molecule has 1 amide bonds. The molecule has 27 heavy (non-hydrogen) atoms. The highest BCUT2D eigenvalue weighted by atomic mass is 35.5. The quantitative estimate of drug-likeness (QED) is 0.536. The Balaban J connectivity index is 1.95. The molecule has 3 nitrogen and oxygen atoms in total. The minimum atomic E-state index is -4.72. The third-order valence-corrected chi connectivity index (χ3v) is 6.00. The largest absolute Gasteiger partial charge is 0.421 e. The van der Waals surface area contributed by atoms with Crippen LogP contribution in [0.4, 0.5) is 13.2 Å². The molecule has 0 saturated carbocycles. The second-order valence-electron chi connectivity index (χ2n) is 6.75. The van der Waals surface area contributed by atoms with Crippen LogP contribution in [0.25, 0.3) is 10.9 Å². The van der Waals surface area contributed by atoms with Gasteiger partial charge in [-0.3, -0.25) is 4.79 Å². The zero-order chi connectivity index (χ0) is 19.1. The van der Waals surface area contributed by atoms with Gasteiger partial charge in [0, 0.05) is 28.1 Å². The van der Waals surface area contributed by atoms with E-state index >= 15 is 0 Å². The van der Waals surface area contributed by atoms with Crippen molar-refractivity contribution in [1.29, 1.82) is 0 Å². The Morgan fingerprint density at radius 2 is 1.89 bits per heavy atom. The van der Waals surface area contributed by atoms with Crippen LogP contribution in [0.3, 0.4) is 0 Å². The monoisotopic (exact) mass is 410 g/mol. The van der Waals surface area contributed by atoms with Gasteiger partial charge in [0.1, 0.15) is 0 Å². The van der Waals surface area contributed by atoms with Crippen LogP contribution in [-0.2, 0) is 12.0 Å². The number of aromatic nitrogens is 1. The summed E-state index contributed by atoms with van der Waals surface area (Å²) in [5.41, 5.74) is -1.70. The summed E-state index contributed by atoms with van der Waals surface area (Å²) in [5.74, 6) is -0.614. The molecule has 1 atom stereocenters. The van der Waals surface area contributed by atoms with E-state index < -0.39 is 17.6 Å². The zero-order valence-corrected chi connectivity index (χ0v) is 15.1. The highest BCUT2D eigenvalue weighted by Crippen LogP contribution is 2.57. The fraction of sp³-hybridized carbons (Fsp3) is 0.211. The third kappa shape index (κ3) is 1.92. The van der Waals surface area contributed by atoms with Crippen LogP contribution in [-0.4, -0.2) is 28.5 Å². The van der Waals surface area contributed by atoms with Crippen molar-refractivity contribution in [2.45, 2.75) is 18.1 Å². The minimum absolute atomic E-state index is 0.0445. The summed E-state index contributed by atoms with van der Waals surface area (Å²) < 4.78 is 44.0. The third-order valence-electron chi connectivity index (χ3n) is 5.49. The average molecular weight is 411 g/mol. The number of halogens is 5. The predicted octanol–water partition coefficient (Wildman–Crippen LogP) is 5.29. The van der Waals surface area contributed by atoms with Crippen LogP contribution < -0.4 is 0 Å². The lowest BCUT2D eigenvalue weighted by molar-refractivity contribution is -0.213. The lowest BCUT2D eigenvalue weighted by atomic mass is 9.80. The van der Waals surface area contributed by atoms with Crippen LogP contribution in [0.2, 0.25) is 10.0 Å². The lowest BCUT2D eigenvalue weighted by Gasteiger charge is -2.43. The number of nitrogens with one attached hydrogen (secondary N) is 1.